The van der Waals surface area contributed by atoms with Crippen molar-refractivity contribution in [2.24, 2.45) is 23.6 Å². The Hall–Kier alpha value is -0.770. The molecule has 0 bridgehead atoms. The van der Waals surface area contributed by atoms with Gasteiger partial charge in [0.1, 0.15) is 6.10 Å². The van der Waals surface area contributed by atoms with E-state index in [4.69, 9.17) is 10.6 Å². The molecule has 15 heavy (non-hydrogen) atoms. The van der Waals surface area contributed by atoms with E-state index >= 15 is 0 Å². The van der Waals surface area contributed by atoms with Gasteiger partial charge in [0.25, 0.3) is 0 Å². The minimum absolute atomic E-state index is 0.0253. The Bertz CT molecular complexity index is 219. The Morgan fingerprint density at radius 3 is 2.67 bits per heavy atom. The molecule has 88 valence electrons. The van der Waals surface area contributed by atoms with Crippen LogP contribution in [-0.2, 0) is 4.74 Å². The van der Waals surface area contributed by atoms with Gasteiger partial charge in [0.2, 0.25) is 0 Å². The molecule has 1 aliphatic carbocycles. The molecule has 1 aliphatic rings. The second-order valence-electron chi connectivity index (χ2n) is 4.91. The van der Waals surface area contributed by atoms with Crippen LogP contribution in [0.5, 0.6) is 0 Å². The van der Waals surface area contributed by atoms with Crippen LogP contribution in [0.1, 0.15) is 40.0 Å². The average Bonchev–Trinajstić information content (AvgIpc) is 2.17. The number of hydrogen-bond acceptors (Lipinski definition) is 3. The number of rotatable bonds is 2. The van der Waals surface area contributed by atoms with Gasteiger partial charge in [-0.2, -0.15) is 0 Å². The first kappa shape index (κ1) is 12.3. The predicted molar refractivity (Wildman–Crippen MR) is 58.9 cm³/mol. The zero-order valence-corrected chi connectivity index (χ0v) is 9.82. The predicted octanol–water partition coefficient (Wildman–Crippen LogP) is 2.05. The number of carbonyl (C=O) groups excluding carboxylic acids is 1. The fraction of sp³-hybridized carbons (Fsp3) is 0.909. The molecular weight excluding hydrogens is 192 g/mol. The summed E-state index contributed by atoms with van der Waals surface area (Å²) in [5, 5.41) is 0. The molecule has 0 radical (unpaired) electrons. The van der Waals surface area contributed by atoms with Crippen LogP contribution in [0, 0.1) is 17.8 Å². The molecule has 0 spiro atoms. The number of hydrazine groups is 1. The van der Waals surface area contributed by atoms with Crippen LogP contribution >= 0.6 is 0 Å². The lowest BCUT2D eigenvalue weighted by Crippen LogP contribution is -2.40. The van der Waals surface area contributed by atoms with Crippen molar-refractivity contribution in [3.63, 3.8) is 0 Å². The Labute approximate surface area is 91.5 Å². The van der Waals surface area contributed by atoms with Gasteiger partial charge in [0, 0.05) is 0 Å². The van der Waals surface area contributed by atoms with Crippen molar-refractivity contribution in [3.8, 4) is 0 Å². The minimum Gasteiger partial charge on any atom is -0.445 e. The first-order valence-electron chi connectivity index (χ1n) is 5.71. The van der Waals surface area contributed by atoms with Gasteiger partial charge in [-0.05, 0) is 30.6 Å². The fourth-order valence-corrected chi connectivity index (χ4v) is 2.42. The summed E-state index contributed by atoms with van der Waals surface area (Å²) < 4.78 is 5.31. The first-order valence-corrected chi connectivity index (χ1v) is 5.71. The maximum atomic E-state index is 11.1. The zero-order chi connectivity index (χ0) is 11.4. The van der Waals surface area contributed by atoms with E-state index in [1.54, 1.807) is 0 Å². The molecule has 1 saturated carbocycles. The van der Waals surface area contributed by atoms with E-state index in [9.17, 15) is 4.79 Å². The smallest absolute Gasteiger partial charge is 0.421 e. The molecule has 3 N–H and O–H groups in total. The molecule has 4 heteroatoms. The Balaban J connectivity index is 2.57. The molecule has 0 saturated heterocycles. The van der Waals surface area contributed by atoms with Gasteiger partial charge in [-0.3, -0.25) is 5.43 Å². The highest BCUT2D eigenvalue weighted by Gasteiger charge is 2.33. The van der Waals surface area contributed by atoms with Crippen molar-refractivity contribution < 1.29 is 9.53 Å². The van der Waals surface area contributed by atoms with Crippen LogP contribution in [-0.4, -0.2) is 12.2 Å². The summed E-state index contributed by atoms with van der Waals surface area (Å²) in [6.07, 6.45) is 2.84. The van der Waals surface area contributed by atoms with E-state index in [2.05, 4.69) is 20.8 Å². The van der Waals surface area contributed by atoms with Crippen molar-refractivity contribution in [2.45, 2.75) is 46.1 Å². The maximum Gasteiger partial charge on any atom is 0.421 e. The lowest BCUT2D eigenvalue weighted by molar-refractivity contribution is 0.00622. The number of ether oxygens (including phenoxy) is 1. The normalized spacial score (nSPS) is 31.4. The topological polar surface area (TPSA) is 64.3 Å². The molecule has 0 aromatic carbocycles. The summed E-state index contributed by atoms with van der Waals surface area (Å²) in [4.78, 5) is 11.1. The maximum absolute atomic E-state index is 11.1. The number of nitrogens with one attached hydrogen (secondary N) is 1. The van der Waals surface area contributed by atoms with Gasteiger partial charge in [-0.15, -0.1) is 0 Å². The number of carbonyl (C=O) groups is 1. The van der Waals surface area contributed by atoms with Gasteiger partial charge in [-0.1, -0.05) is 27.2 Å². The Morgan fingerprint density at radius 1 is 1.47 bits per heavy atom. The summed E-state index contributed by atoms with van der Waals surface area (Å²) >= 11 is 0. The number of hydrogen-bond donors (Lipinski definition) is 2. The summed E-state index contributed by atoms with van der Waals surface area (Å²) in [6, 6.07) is 0. The molecule has 4 nitrogen and oxygen atoms in total. The van der Waals surface area contributed by atoms with E-state index < -0.39 is 6.09 Å². The minimum atomic E-state index is -0.514. The first-order chi connectivity index (χ1) is 7.04. The largest absolute Gasteiger partial charge is 0.445 e. The van der Waals surface area contributed by atoms with Gasteiger partial charge in [0.15, 0.2) is 0 Å². The lowest BCUT2D eigenvalue weighted by Gasteiger charge is -2.36. The molecule has 0 aromatic rings. The molecular formula is C11H22N2O2. The third-order valence-electron chi connectivity index (χ3n) is 3.34. The van der Waals surface area contributed by atoms with Crippen LogP contribution in [0.2, 0.25) is 0 Å². The zero-order valence-electron chi connectivity index (χ0n) is 9.82. The van der Waals surface area contributed by atoms with Crippen molar-refractivity contribution in [3.05, 3.63) is 0 Å². The second kappa shape index (κ2) is 5.35. The second-order valence-corrected chi connectivity index (χ2v) is 4.91. The highest BCUT2D eigenvalue weighted by Crippen LogP contribution is 2.35. The molecule has 1 fully saturated rings. The molecule has 0 aliphatic heterocycles. The summed E-state index contributed by atoms with van der Waals surface area (Å²) in [5.74, 6) is 6.68. The van der Waals surface area contributed by atoms with E-state index in [1.165, 1.54) is 6.42 Å². The third kappa shape index (κ3) is 3.38. The van der Waals surface area contributed by atoms with Gasteiger partial charge >= 0.3 is 6.09 Å². The fourth-order valence-electron chi connectivity index (χ4n) is 2.42. The highest BCUT2D eigenvalue weighted by molar-refractivity contribution is 5.66. The van der Waals surface area contributed by atoms with Crippen molar-refractivity contribution in [1.29, 1.82) is 0 Å². The molecule has 1 rings (SSSR count). The van der Waals surface area contributed by atoms with Gasteiger partial charge in [-0.25, -0.2) is 10.6 Å². The number of amides is 1. The summed E-state index contributed by atoms with van der Waals surface area (Å²) in [5.41, 5.74) is 2.03. The van der Waals surface area contributed by atoms with Crippen LogP contribution in [0.3, 0.4) is 0 Å². The Kier molecular flexibility index (Phi) is 4.39. The van der Waals surface area contributed by atoms with Crippen molar-refractivity contribution in [2.75, 3.05) is 0 Å². The van der Waals surface area contributed by atoms with Crippen LogP contribution in [0.4, 0.5) is 4.79 Å². The van der Waals surface area contributed by atoms with Crippen LogP contribution < -0.4 is 11.3 Å². The lowest BCUT2D eigenvalue weighted by atomic mass is 9.75. The summed E-state index contributed by atoms with van der Waals surface area (Å²) in [6.45, 7) is 6.56. The standard InChI is InChI=1S/C11H22N2O2/c1-7(2)9-5-4-8(3)6-10(9)15-11(14)13-12/h7-10H,4-6,12H2,1-3H3,(H,13,14)/t8-,9-,10-/m1/s1. The van der Waals surface area contributed by atoms with Gasteiger partial charge < -0.3 is 4.74 Å². The SMILES string of the molecule is CC(C)[C@H]1CC[C@@H](C)C[C@H]1OC(=O)NN. The molecule has 0 heterocycles. The van der Waals surface area contributed by atoms with Crippen LogP contribution in [0.25, 0.3) is 0 Å². The van der Waals surface area contributed by atoms with E-state index in [0.29, 0.717) is 17.8 Å². The quantitative estimate of drug-likeness (QED) is 0.420. The average molecular weight is 214 g/mol. The molecule has 0 aromatic heterocycles. The highest BCUT2D eigenvalue weighted by atomic mass is 16.6. The van der Waals surface area contributed by atoms with E-state index in [1.807, 2.05) is 5.43 Å². The van der Waals surface area contributed by atoms with E-state index in [-0.39, 0.29) is 6.10 Å². The molecule has 1 amide bonds. The molecule has 3 atom stereocenters. The monoisotopic (exact) mass is 214 g/mol. The van der Waals surface area contributed by atoms with Gasteiger partial charge in [0.05, 0.1) is 0 Å². The third-order valence-corrected chi connectivity index (χ3v) is 3.34. The van der Waals surface area contributed by atoms with Crippen LogP contribution in [0.15, 0.2) is 0 Å². The number of nitrogens with two attached hydrogens (primary N) is 1. The summed E-state index contributed by atoms with van der Waals surface area (Å²) in [7, 11) is 0. The van der Waals surface area contributed by atoms with Crippen molar-refractivity contribution in [1.82, 2.24) is 5.43 Å². The van der Waals surface area contributed by atoms with E-state index in [0.717, 1.165) is 12.8 Å². The van der Waals surface area contributed by atoms with Crippen molar-refractivity contribution >= 4 is 6.09 Å². The molecule has 0 unspecified atom stereocenters. The Morgan fingerprint density at radius 2 is 2.13 bits per heavy atom.